The summed E-state index contributed by atoms with van der Waals surface area (Å²) in [5, 5.41) is 22.0. The third kappa shape index (κ3) is 3.70. The molecule has 0 amide bonds. The number of anilines is 1. The van der Waals surface area contributed by atoms with Gasteiger partial charge in [0, 0.05) is 36.2 Å². The number of aromatic nitrogens is 2. The first-order chi connectivity index (χ1) is 9.58. The van der Waals surface area contributed by atoms with Crippen LogP contribution in [-0.2, 0) is 0 Å². The molecule has 0 bridgehead atoms. The van der Waals surface area contributed by atoms with E-state index >= 15 is 0 Å². The van der Waals surface area contributed by atoms with Crippen molar-refractivity contribution in [2.45, 2.75) is 30.4 Å². The van der Waals surface area contributed by atoms with Gasteiger partial charge in [-0.2, -0.15) is 0 Å². The fourth-order valence-electron chi connectivity index (χ4n) is 1.54. The van der Waals surface area contributed by atoms with Crippen LogP contribution < -0.4 is 5.32 Å². The SMILES string of the molecule is CCCNc1cc(Sc2nnc(C)o2)cc([N+](=O)[O-])c1. The first-order valence-corrected chi connectivity index (χ1v) is 6.91. The molecule has 0 unspecified atom stereocenters. The van der Waals surface area contributed by atoms with E-state index in [9.17, 15) is 10.1 Å². The van der Waals surface area contributed by atoms with Crippen molar-refractivity contribution in [1.82, 2.24) is 10.2 Å². The van der Waals surface area contributed by atoms with Gasteiger partial charge in [0.2, 0.25) is 5.89 Å². The van der Waals surface area contributed by atoms with Crippen molar-refractivity contribution >= 4 is 23.1 Å². The lowest BCUT2D eigenvalue weighted by Crippen LogP contribution is -2.00. The predicted octanol–water partition coefficient (Wildman–Crippen LogP) is 3.26. The molecule has 2 rings (SSSR count). The number of aryl methyl sites for hydroxylation is 1. The number of nitro groups is 1. The van der Waals surface area contributed by atoms with Gasteiger partial charge in [-0.15, -0.1) is 10.2 Å². The fourth-order valence-corrected chi connectivity index (χ4v) is 2.35. The highest BCUT2D eigenvalue weighted by Crippen LogP contribution is 2.32. The summed E-state index contributed by atoms with van der Waals surface area (Å²) in [6, 6.07) is 4.83. The van der Waals surface area contributed by atoms with Crippen molar-refractivity contribution in [1.29, 1.82) is 0 Å². The third-order valence-corrected chi connectivity index (χ3v) is 3.20. The molecule has 2 aromatic rings. The molecular formula is C12H14N4O3S. The van der Waals surface area contributed by atoms with Gasteiger partial charge in [-0.05, 0) is 24.2 Å². The van der Waals surface area contributed by atoms with Gasteiger partial charge in [-0.25, -0.2) is 0 Å². The monoisotopic (exact) mass is 294 g/mol. The number of hydrogen-bond donors (Lipinski definition) is 1. The first kappa shape index (κ1) is 14.3. The number of non-ortho nitro benzene ring substituents is 1. The Morgan fingerprint density at radius 1 is 1.40 bits per heavy atom. The number of hydrogen-bond acceptors (Lipinski definition) is 7. The van der Waals surface area contributed by atoms with Crippen LogP contribution in [0, 0.1) is 17.0 Å². The number of benzene rings is 1. The quantitative estimate of drug-likeness (QED) is 0.645. The van der Waals surface area contributed by atoms with E-state index in [4.69, 9.17) is 4.42 Å². The zero-order valence-corrected chi connectivity index (χ0v) is 11.9. The van der Waals surface area contributed by atoms with Crippen molar-refractivity contribution < 1.29 is 9.34 Å². The van der Waals surface area contributed by atoms with Gasteiger partial charge in [0.1, 0.15) is 0 Å². The van der Waals surface area contributed by atoms with Gasteiger partial charge in [0.05, 0.1) is 4.92 Å². The Bertz CT molecular complexity index is 614. The molecule has 0 saturated heterocycles. The van der Waals surface area contributed by atoms with E-state index in [1.54, 1.807) is 6.92 Å². The van der Waals surface area contributed by atoms with E-state index in [0.29, 0.717) is 21.7 Å². The maximum absolute atomic E-state index is 11.0. The first-order valence-electron chi connectivity index (χ1n) is 6.10. The Morgan fingerprint density at radius 2 is 2.20 bits per heavy atom. The lowest BCUT2D eigenvalue weighted by molar-refractivity contribution is -0.385. The highest BCUT2D eigenvalue weighted by atomic mass is 32.2. The third-order valence-electron chi connectivity index (χ3n) is 2.39. The molecular weight excluding hydrogens is 280 g/mol. The minimum Gasteiger partial charge on any atom is -0.416 e. The molecule has 1 N–H and O–H groups in total. The van der Waals surface area contributed by atoms with Crippen molar-refractivity contribution in [3.63, 3.8) is 0 Å². The van der Waals surface area contributed by atoms with Crippen LogP contribution in [0.5, 0.6) is 0 Å². The second-order valence-electron chi connectivity index (χ2n) is 4.09. The maximum Gasteiger partial charge on any atom is 0.281 e. The Hall–Kier alpha value is -2.09. The molecule has 0 fully saturated rings. The summed E-state index contributed by atoms with van der Waals surface area (Å²) in [7, 11) is 0. The Morgan fingerprint density at radius 3 is 2.80 bits per heavy atom. The van der Waals surface area contributed by atoms with E-state index in [1.165, 1.54) is 23.9 Å². The van der Waals surface area contributed by atoms with Crippen molar-refractivity contribution in [2.75, 3.05) is 11.9 Å². The van der Waals surface area contributed by atoms with Crippen LogP contribution in [0.25, 0.3) is 0 Å². The van der Waals surface area contributed by atoms with Crippen molar-refractivity contribution in [2.24, 2.45) is 0 Å². The smallest absolute Gasteiger partial charge is 0.281 e. The summed E-state index contributed by atoms with van der Waals surface area (Å²) >= 11 is 1.20. The molecule has 0 saturated carbocycles. The van der Waals surface area contributed by atoms with Crippen molar-refractivity contribution in [3.05, 3.63) is 34.2 Å². The molecule has 1 aromatic heterocycles. The summed E-state index contributed by atoms with van der Waals surface area (Å²) in [5.41, 5.74) is 0.740. The van der Waals surface area contributed by atoms with Crippen LogP contribution in [0.1, 0.15) is 19.2 Å². The topological polar surface area (TPSA) is 94.1 Å². The molecule has 0 spiro atoms. The molecule has 0 aliphatic carbocycles. The lowest BCUT2D eigenvalue weighted by Gasteiger charge is -2.06. The molecule has 20 heavy (non-hydrogen) atoms. The van der Waals surface area contributed by atoms with E-state index in [-0.39, 0.29) is 5.69 Å². The van der Waals surface area contributed by atoms with Crippen LogP contribution in [0.15, 0.2) is 32.7 Å². The summed E-state index contributed by atoms with van der Waals surface area (Å²) < 4.78 is 5.26. The summed E-state index contributed by atoms with van der Waals surface area (Å²) in [4.78, 5) is 11.2. The molecule has 1 heterocycles. The summed E-state index contributed by atoms with van der Waals surface area (Å²) in [6.07, 6.45) is 0.939. The molecule has 0 aliphatic rings. The summed E-state index contributed by atoms with van der Waals surface area (Å²) in [6.45, 7) is 4.48. The number of rotatable bonds is 6. The second-order valence-corrected chi connectivity index (χ2v) is 5.11. The van der Waals surface area contributed by atoms with E-state index in [0.717, 1.165) is 13.0 Å². The molecule has 8 heteroatoms. The predicted molar refractivity (Wildman–Crippen MR) is 75.0 cm³/mol. The standard InChI is InChI=1S/C12H14N4O3S/c1-3-4-13-9-5-10(16(17)18)7-11(6-9)20-12-15-14-8(2)19-12/h5-7,13H,3-4H2,1-2H3. The van der Waals surface area contributed by atoms with Crippen LogP contribution >= 0.6 is 11.8 Å². The molecule has 0 atom stereocenters. The average Bonchev–Trinajstić information content (AvgIpc) is 2.81. The van der Waals surface area contributed by atoms with Gasteiger partial charge in [0.25, 0.3) is 10.9 Å². The molecule has 0 radical (unpaired) electrons. The zero-order valence-electron chi connectivity index (χ0n) is 11.1. The van der Waals surface area contributed by atoms with Crippen LogP contribution in [0.2, 0.25) is 0 Å². The molecule has 1 aromatic carbocycles. The minimum absolute atomic E-state index is 0.0323. The maximum atomic E-state index is 11.0. The highest BCUT2D eigenvalue weighted by molar-refractivity contribution is 7.99. The second kappa shape index (κ2) is 6.38. The van der Waals surface area contributed by atoms with Gasteiger partial charge >= 0.3 is 0 Å². The molecule has 106 valence electrons. The lowest BCUT2D eigenvalue weighted by atomic mass is 10.2. The van der Waals surface area contributed by atoms with Gasteiger partial charge < -0.3 is 9.73 Å². The van der Waals surface area contributed by atoms with Gasteiger partial charge in [-0.3, -0.25) is 10.1 Å². The van der Waals surface area contributed by atoms with Crippen LogP contribution in [0.4, 0.5) is 11.4 Å². The van der Waals surface area contributed by atoms with Crippen LogP contribution in [0.3, 0.4) is 0 Å². The fraction of sp³-hybridized carbons (Fsp3) is 0.333. The zero-order chi connectivity index (χ0) is 14.5. The molecule has 7 nitrogen and oxygen atoms in total. The normalized spacial score (nSPS) is 10.5. The van der Waals surface area contributed by atoms with E-state index < -0.39 is 4.92 Å². The van der Waals surface area contributed by atoms with E-state index in [2.05, 4.69) is 15.5 Å². The van der Waals surface area contributed by atoms with Crippen molar-refractivity contribution in [3.8, 4) is 0 Å². The van der Waals surface area contributed by atoms with Gasteiger partial charge in [0.15, 0.2) is 0 Å². The molecule has 0 aliphatic heterocycles. The van der Waals surface area contributed by atoms with Crippen LogP contribution in [-0.4, -0.2) is 21.7 Å². The van der Waals surface area contributed by atoms with E-state index in [1.807, 2.05) is 13.0 Å². The average molecular weight is 294 g/mol. The minimum atomic E-state index is -0.416. The number of nitro benzene ring substituents is 1. The highest BCUT2D eigenvalue weighted by Gasteiger charge is 2.13. The Balaban J connectivity index is 2.26. The number of nitrogens with zero attached hydrogens (tertiary/aromatic N) is 3. The Labute approximate surface area is 119 Å². The number of nitrogens with one attached hydrogen (secondary N) is 1. The Kier molecular flexibility index (Phi) is 4.57. The van der Waals surface area contributed by atoms with Gasteiger partial charge in [-0.1, -0.05) is 6.92 Å². The largest absolute Gasteiger partial charge is 0.416 e. The summed E-state index contributed by atoms with van der Waals surface area (Å²) in [5.74, 6) is 0.460.